The molecule has 0 aliphatic rings. The Morgan fingerprint density at radius 1 is 1.52 bits per heavy atom. The summed E-state index contributed by atoms with van der Waals surface area (Å²) in [6.07, 6.45) is 4.10. The van der Waals surface area contributed by atoms with Crippen LogP contribution < -0.4 is 5.32 Å². The number of aromatic nitrogens is 3. The third-order valence-electron chi connectivity index (χ3n) is 2.84. The monoisotopic (exact) mass is 290 g/mol. The van der Waals surface area contributed by atoms with Gasteiger partial charge in [-0.05, 0) is 25.5 Å². The predicted octanol–water partition coefficient (Wildman–Crippen LogP) is 0.951. The van der Waals surface area contributed by atoms with E-state index in [1.54, 1.807) is 25.4 Å². The van der Waals surface area contributed by atoms with Gasteiger partial charge in [-0.2, -0.15) is 4.98 Å². The first-order valence-corrected chi connectivity index (χ1v) is 6.83. The Morgan fingerprint density at radius 3 is 3.10 bits per heavy atom. The maximum absolute atomic E-state index is 11.6. The molecular weight excluding hydrogens is 272 g/mol. The minimum atomic E-state index is -0.414. The normalized spacial score (nSPS) is 12.1. The van der Waals surface area contributed by atoms with Crippen molar-refractivity contribution in [2.24, 2.45) is 0 Å². The van der Waals surface area contributed by atoms with E-state index in [4.69, 9.17) is 9.63 Å². The van der Waals surface area contributed by atoms with Crippen molar-refractivity contribution in [1.29, 1.82) is 0 Å². The first-order chi connectivity index (χ1) is 10.1. The van der Waals surface area contributed by atoms with Crippen LogP contribution >= 0.6 is 0 Å². The minimum Gasteiger partial charge on any atom is -0.393 e. The maximum atomic E-state index is 11.6. The smallest absolute Gasteiger partial charge is 0.227 e. The van der Waals surface area contributed by atoms with E-state index in [1.165, 1.54) is 0 Å². The number of amides is 1. The van der Waals surface area contributed by atoms with Crippen LogP contribution in [0.3, 0.4) is 0 Å². The third kappa shape index (κ3) is 4.96. The number of aliphatic hydroxyl groups is 1. The van der Waals surface area contributed by atoms with E-state index < -0.39 is 6.10 Å². The number of hydrogen-bond acceptors (Lipinski definition) is 6. The van der Waals surface area contributed by atoms with Crippen LogP contribution in [0.25, 0.3) is 11.4 Å². The Hall–Kier alpha value is -2.28. The van der Waals surface area contributed by atoms with Crippen molar-refractivity contribution in [1.82, 2.24) is 20.4 Å². The van der Waals surface area contributed by atoms with Crippen LogP contribution in [0, 0.1) is 0 Å². The zero-order valence-electron chi connectivity index (χ0n) is 11.8. The Labute approximate surface area is 122 Å². The van der Waals surface area contributed by atoms with Crippen molar-refractivity contribution >= 4 is 5.91 Å². The molecule has 0 saturated carbocycles. The number of aryl methyl sites for hydroxylation is 1. The number of aliphatic hydroxyl groups excluding tert-OH is 1. The molecule has 0 aromatic carbocycles. The van der Waals surface area contributed by atoms with Gasteiger partial charge in [0.1, 0.15) is 0 Å². The summed E-state index contributed by atoms with van der Waals surface area (Å²) in [5.74, 6) is 0.781. The highest BCUT2D eigenvalue weighted by Crippen LogP contribution is 2.14. The molecule has 1 amide bonds. The quantitative estimate of drug-likeness (QED) is 0.787. The summed E-state index contributed by atoms with van der Waals surface area (Å²) in [5.41, 5.74) is 0.772. The fourth-order valence-corrected chi connectivity index (χ4v) is 1.70. The van der Waals surface area contributed by atoms with Crippen molar-refractivity contribution in [2.75, 3.05) is 6.54 Å². The van der Waals surface area contributed by atoms with Crippen molar-refractivity contribution in [3.8, 4) is 11.4 Å². The number of nitrogens with zero attached hydrogens (tertiary/aromatic N) is 3. The molecule has 2 rings (SSSR count). The van der Waals surface area contributed by atoms with Gasteiger partial charge in [-0.3, -0.25) is 9.78 Å². The van der Waals surface area contributed by atoms with E-state index in [1.807, 2.05) is 6.07 Å². The van der Waals surface area contributed by atoms with Crippen molar-refractivity contribution < 1.29 is 14.4 Å². The molecule has 7 heteroatoms. The van der Waals surface area contributed by atoms with Crippen molar-refractivity contribution in [3.63, 3.8) is 0 Å². The summed E-state index contributed by atoms with van der Waals surface area (Å²) in [6, 6.07) is 3.63. The van der Waals surface area contributed by atoms with Gasteiger partial charge in [0.15, 0.2) is 0 Å². The molecule has 112 valence electrons. The SMILES string of the molecule is CC(O)CCNC(=O)CCc1nc(-c2cccnc2)no1. The minimum absolute atomic E-state index is 0.100. The van der Waals surface area contributed by atoms with E-state index in [-0.39, 0.29) is 12.3 Å². The number of pyridine rings is 1. The van der Waals surface area contributed by atoms with Crippen LogP contribution in [0.5, 0.6) is 0 Å². The lowest BCUT2D eigenvalue weighted by molar-refractivity contribution is -0.121. The highest BCUT2D eigenvalue weighted by atomic mass is 16.5. The Morgan fingerprint density at radius 2 is 2.38 bits per heavy atom. The average Bonchev–Trinajstić information content (AvgIpc) is 2.94. The van der Waals surface area contributed by atoms with E-state index in [0.717, 1.165) is 5.56 Å². The van der Waals surface area contributed by atoms with Gasteiger partial charge in [0.25, 0.3) is 0 Å². The standard InChI is InChI=1S/C14H18N4O3/c1-10(19)6-8-16-12(20)4-5-13-17-14(18-21-13)11-3-2-7-15-9-11/h2-3,7,9-10,19H,4-6,8H2,1H3,(H,16,20). The lowest BCUT2D eigenvalue weighted by Gasteiger charge is -2.05. The number of nitrogens with one attached hydrogen (secondary N) is 1. The fraction of sp³-hybridized carbons (Fsp3) is 0.429. The van der Waals surface area contributed by atoms with Gasteiger partial charge in [0.2, 0.25) is 17.6 Å². The molecule has 1 unspecified atom stereocenters. The van der Waals surface area contributed by atoms with Crippen molar-refractivity contribution in [3.05, 3.63) is 30.4 Å². The molecule has 2 aromatic heterocycles. The summed E-state index contributed by atoms with van der Waals surface area (Å²) >= 11 is 0. The first-order valence-electron chi connectivity index (χ1n) is 6.83. The lowest BCUT2D eigenvalue weighted by Crippen LogP contribution is -2.26. The second-order valence-corrected chi connectivity index (χ2v) is 4.74. The Bertz CT molecular complexity index is 569. The number of carbonyl (C=O) groups is 1. The van der Waals surface area contributed by atoms with Gasteiger partial charge in [-0.25, -0.2) is 0 Å². The molecule has 2 aromatic rings. The van der Waals surface area contributed by atoms with Gasteiger partial charge in [0, 0.05) is 37.3 Å². The molecule has 0 aliphatic heterocycles. The van der Waals surface area contributed by atoms with Crippen LogP contribution in [0.15, 0.2) is 29.0 Å². The molecular formula is C14H18N4O3. The van der Waals surface area contributed by atoms with Gasteiger partial charge < -0.3 is 14.9 Å². The second kappa shape index (κ2) is 7.49. The maximum Gasteiger partial charge on any atom is 0.227 e. The largest absolute Gasteiger partial charge is 0.393 e. The van der Waals surface area contributed by atoms with Crippen molar-refractivity contribution in [2.45, 2.75) is 32.3 Å². The predicted molar refractivity (Wildman–Crippen MR) is 75.2 cm³/mol. The average molecular weight is 290 g/mol. The van der Waals surface area contributed by atoms with Crippen LogP contribution in [0.2, 0.25) is 0 Å². The highest BCUT2D eigenvalue weighted by Gasteiger charge is 2.10. The summed E-state index contributed by atoms with van der Waals surface area (Å²) in [5, 5.41) is 15.7. The number of carbonyl (C=O) groups excluding carboxylic acids is 1. The Kier molecular flexibility index (Phi) is 5.39. The third-order valence-corrected chi connectivity index (χ3v) is 2.84. The number of rotatable bonds is 7. The van der Waals surface area contributed by atoms with E-state index in [9.17, 15) is 4.79 Å². The molecule has 7 nitrogen and oxygen atoms in total. The molecule has 21 heavy (non-hydrogen) atoms. The number of hydrogen-bond donors (Lipinski definition) is 2. The molecule has 0 saturated heterocycles. The summed E-state index contributed by atoms with van der Waals surface area (Å²) in [4.78, 5) is 19.8. The highest BCUT2D eigenvalue weighted by molar-refractivity contribution is 5.75. The zero-order valence-corrected chi connectivity index (χ0v) is 11.8. The molecule has 0 fully saturated rings. The van der Waals surface area contributed by atoms with Crippen LogP contribution in [0.1, 0.15) is 25.7 Å². The molecule has 0 radical (unpaired) electrons. The van der Waals surface area contributed by atoms with Gasteiger partial charge in [0.05, 0.1) is 6.10 Å². The summed E-state index contributed by atoms with van der Waals surface area (Å²) < 4.78 is 5.10. The fourth-order valence-electron chi connectivity index (χ4n) is 1.70. The molecule has 2 heterocycles. The molecule has 2 N–H and O–H groups in total. The summed E-state index contributed by atoms with van der Waals surface area (Å²) in [7, 11) is 0. The summed E-state index contributed by atoms with van der Waals surface area (Å²) in [6.45, 7) is 2.14. The molecule has 0 bridgehead atoms. The second-order valence-electron chi connectivity index (χ2n) is 4.74. The van der Waals surface area contributed by atoms with Gasteiger partial charge in [-0.15, -0.1) is 0 Å². The van der Waals surface area contributed by atoms with Crippen LogP contribution in [-0.2, 0) is 11.2 Å². The van der Waals surface area contributed by atoms with Crippen LogP contribution in [0.4, 0.5) is 0 Å². The van der Waals surface area contributed by atoms with E-state index in [2.05, 4.69) is 20.4 Å². The zero-order chi connectivity index (χ0) is 15.1. The molecule has 0 aliphatic carbocycles. The lowest BCUT2D eigenvalue weighted by atomic mass is 10.2. The van der Waals surface area contributed by atoms with E-state index in [0.29, 0.717) is 31.1 Å². The van der Waals surface area contributed by atoms with Gasteiger partial charge >= 0.3 is 0 Å². The van der Waals surface area contributed by atoms with E-state index >= 15 is 0 Å². The van der Waals surface area contributed by atoms with Gasteiger partial charge in [-0.1, -0.05) is 5.16 Å². The van der Waals surface area contributed by atoms with Crippen LogP contribution in [-0.4, -0.2) is 38.8 Å². The Balaban J connectivity index is 1.79. The molecule has 0 spiro atoms. The first kappa shape index (κ1) is 15.1. The topological polar surface area (TPSA) is 101 Å². The molecule has 1 atom stereocenters.